The average molecular weight is 349 g/mol. The summed E-state index contributed by atoms with van der Waals surface area (Å²) >= 11 is 3.53. The summed E-state index contributed by atoms with van der Waals surface area (Å²) in [6.45, 7) is 2.15. The minimum Gasteiger partial charge on any atom is -0.461 e. The van der Waals surface area contributed by atoms with Gasteiger partial charge in [-0.15, -0.1) is 0 Å². The molecule has 1 aliphatic rings. The van der Waals surface area contributed by atoms with Crippen LogP contribution in [-0.4, -0.2) is 22.8 Å². The molecule has 3 rings (SSSR count). The summed E-state index contributed by atoms with van der Waals surface area (Å²) in [4.78, 5) is 11.9. The number of carbonyl (C=O) groups is 1. The number of carbonyl (C=O) groups excluding carboxylic acids is 1. The lowest BCUT2D eigenvalue weighted by Gasteiger charge is -2.09. The van der Waals surface area contributed by atoms with Crippen molar-refractivity contribution in [3.63, 3.8) is 0 Å². The lowest BCUT2D eigenvalue weighted by Crippen LogP contribution is -2.08. The second kappa shape index (κ2) is 6.02. The van der Waals surface area contributed by atoms with Crippen LogP contribution < -0.4 is 0 Å². The molecular formula is C16H17BrN2O2. The van der Waals surface area contributed by atoms with Crippen molar-refractivity contribution in [2.24, 2.45) is 0 Å². The molecule has 0 aliphatic heterocycles. The second-order valence-electron chi connectivity index (χ2n) is 5.27. The first-order valence-corrected chi connectivity index (χ1v) is 7.96. The fourth-order valence-electron chi connectivity index (χ4n) is 2.55. The highest BCUT2D eigenvalue weighted by molar-refractivity contribution is 9.10. The van der Waals surface area contributed by atoms with E-state index in [-0.39, 0.29) is 5.97 Å². The Hall–Kier alpha value is -1.62. The summed E-state index contributed by atoms with van der Waals surface area (Å²) in [5.74, 6) is 0.308. The minimum atomic E-state index is -0.364. The largest absolute Gasteiger partial charge is 0.461 e. The number of benzene rings is 1. The smallest absolute Gasteiger partial charge is 0.359 e. The quantitative estimate of drug-likeness (QED) is 0.835. The van der Waals surface area contributed by atoms with Gasteiger partial charge in [-0.2, -0.15) is 5.10 Å². The average Bonchev–Trinajstić information content (AvgIpc) is 3.18. The molecule has 1 aromatic heterocycles. The molecule has 0 unspecified atom stereocenters. The number of esters is 1. The minimum absolute atomic E-state index is 0.356. The highest BCUT2D eigenvalue weighted by Crippen LogP contribution is 2.42. The number of nitrogens with zero attached hydrogens (tertiary/aromatic N) is 1. The third-order valence-corrected chi connectivity index (χ3v) is 4.18. The van der Waals surface area contributed by atoms with Crippen molar-refractivity contribution in [3.05, 3.63) is 51.3 Å². The molecule has 5 heteroatoms. The van der Waals surface area contributed by atoms with Crippen LogP contribution in [0, 0.1) is 0 Å². The van der Waals surface area contributed by atoms with E-state index in [1.165, 1.54) is 24.0 Å². The monoisotopic (exact) mass is 348 g/mol. The van der Waals surface area contributed by atoms with E-state index in [0.717, 1.165) is 10.0 Å². The predicted octanol–water partition coefficient (Wildman–Crippen LogP) is 3.82. The zero-order chi connectivity index (χ0) is 14.8. The van der Waals surface area contributed by atoms with E-state index >= 15 is 0 Å². The Morgan fingerprint density at radius 1 is 1.43 bits per heavy atom. The van der Waals surface area contributed by atoms with Crippen molar-refractivity contribution >= 4 is 21.9 Å². The van der Waals surface area contributed by atoms with Crippen LogP contribution in [0.5, 0.6) is 0 Å². The Balaban J connectivity index is 1.89. The molecule has 0 bridgehead atoms. The number of hydrogen-bond acceptors (Lipinski definition) is 3. The number of H-pyrrole nitrogens is 1. The number of aromatic nitrogens is 2. The number of aromatic amines is 1. The molecule has 21 heavy (non-hydrogen) atoms. The summed E-state index contributed by atoms with van der Waals surface area (Å²) in [6, 6.07) is 6.40. The highest BCUT2D eigenvalue weighted by atomic mass is 79.9. The van der Waals surface area contributed by atoms with Crippen LogP contribution in [-0.2, 0) is 11.2 Å². The topological polar surface area (TPSA) is 55.0 Å². The number of nitrogens with one attached hydrogen (secondary N) is 1. The van der Waals surface area contributed by atoms with E-state index in [1.807, 2.05) is 0 Å². The first-order chi connectivity index (χ1) is 10.2. The van der Waals surface area contributed by atoms with Gasteiger partial charge in [0.25, 0.3) is 0 Å². The summed E-state index contributed by atoms with van der Waals surface area (Å²) < 4.78 is 6.11. The molecular weight excluding hydrogens is 332 g/mol. The van der Waals surface area contributed by atoms with Crippen LogP contribution in [0.4, 0.5) is 0 Å². The van der Waals surface area contributed by atoms with Crippen LogP contribution in [0.1, 0.15) is 52.9 Å². The van der Waals surface area contributed by atoms with Gasteiger partial charge in [0.05, 0.1) is 6.61 Å². The van der Waals surface area contributed by atoms with Crippen LogP contribution in [0.2, 0.25) is 0 Å². The fraction of sp³-hybridized carbons (Fsp3) is 0.375. The number of ether oxygens (including phenoxy) is 1. The van der Waals surface area contributed by atoms with E-state index in [9.17, 15) is 4.79 Å². The normalized spacial score (nSPS) is 14.2. The van der Waals surface area contributed by atoms with E-state index < -0.39 is 0 Å². The van der Waals surface area contributed by atoms with Crippen LogP contribution >= 0.6 is 15.9 Å². The Morgan fingerprint density at radius 2 is 2.24 bits per heavy atom. The molecule has 0 saturated heterocycles. The van der Waals surface area contributed by atoms with E-state index in [4.69, 9.17) is 4.74 Å². The third kappa shape index (κ3) is 3.18. The summed E-state index contributed by atoms with van der Waals surface area (Å²) in [5.41, 5.74) is 3.90. The van der Waals surface area contributed by atoms with Crippen LogP contribution in [0.3, 0.4) is 0 Å². The Labute approximate surface area is 132 Å². The van der Waals surface area contributed by atoms with Gasteiger partial charge in [-0.25, -0.2) is 4.79 Å². The Kier molecular flexibility index (Phi) is 4.10. The van der Waals surface area contributed by atoms with Crippen LogP contribution in [0.15, 0.2) is 28.9 Å². The van der Waals surface area contributed by atoms with Gasteiger partial charge in [0.2, 0.25) is 0 Å². The summed E-state index contributed by atoms with van der Waals surface area (Å²) in [6.07, 6.45) is 4.98. The first kappa shape index (κ1) is 14.3. The summed E-state index contributed by atoms with van der Waals surface area (Å²) in [5, 5.41) is 6.81. The van der Waals surface area contributed by atoms with Crippen LogP contribution in [0.25, 0.3) is 0 Å². The highest BCUT2D eigenvalue weighted by Gasteiger charge is 2.26. The van der Waals surface area contributed by atoms with E-state index in [2.05, 4.69) is 44.3 Å². The Bertz CT molecular complexity index is 662. The summed E-state index contributed by atoms with van der Waals surface area (Å²) in [7, 11) is 0. The molecule has 1 heterocycles. The molecule has 2 aromatic rings. The van der Waals surface area contributed by atoms with Crippen molar-refractivity contribution in [1.29, 1.82) is 0 Å². The van der Waals surface area contributed by atoms with Crippen molar-refractivity contribution < 1.29 is 9.53 Å². The lowest BCUT2D eigenvalue weighted by atomic mass is 9.97. The van der Waals surface area contributed by atoms with Gasteiger partial charge in [-0.3, -0.25) is 5.10 Å². The van der Waals surface area contributed by atoms with E-state index in [0.29, 0.717) is 24.6 Å². The molecule has 4 nitrogen and oxygen atoms in total. The molecule has 1 saturated carbocycles. The standard InChI is InChI=1S/C16H17BrN2O2/c1-2-21-16(20)15-12(9-18-19-15)7-11-8-13(17)5-6-14(11)10-3-4-10/h5-6,8-10H,2-4,7H2,1H3,(H,18,19). The molecule has 1 aliphatic carbocycles. The molecule has 0 radical (unpaired) electrons. The van der Waals surface area contributed by atoms with Crippen molar-refractivity contribution in [1.82, 2.24) is 10.2 Å². The maximum Gasteiger partial charge on any atom is 0.359 e. The zero-order valence-corrected chi connectivity index (χ0v) is 13.4. The molecule has 1 N–H and O–H groups in total. The van der Waals surface area contributed by atoms with Crippen molar-refractivity contribution in [2.75, 3.05) is 6.61 Å². The van der Waals surface area contributed by atoms with Crippen molar-refractivity contribution in [2.45, 2.75) is 32.1 Å². The third-order valence-electron chi connectivity index (χ3n) is 3.69. The molecule has 1 aromatic carbocycles. The van der Waals surface area contributed by atoms with Crippen molar-refractivity contribution in [3.8, 4) is 0 Å². The number of rotatable bonds is 5. The van der Waals surface area contributed by atoms with E-state index in [1.54, 1.807) is 13.1 Å². The maximum atomic E-state index is 11.9. The fourth-order valence-corrected chi connectivity index (χ4v) is 2.96. The molecule has 110 valence electrons. The van der Waals surface area contributed by atoms with Gasteiger partial charge >= 0.3 is 5.97 Å². The molecule has 1 fully saturated rings. The first-order valence-electron chi connectivity index (χ1n) is 7.17. The lowest BCUT2D eigenvalue weighted by molar-refractivity contribution is 0.0518. The van der Waals surface area contributed by atoms with Gasteiger partial charge in [-0.05, 0) is 48.9 Å². The molecule has 0 amide bonds. The van der Waals surface area contributed by atoms with Gasteiger partial charge in [0.1, 0.15) is 0 Å². The molecule has 0 atom stereocenters. The Morgan fingerprint density at radius 3 is 2.95 bits per heavy atom. The maximum absolute atomic E-state index is 11.9. The number of halogens is 1. The zero-order valence-electron chi connectivity index (χ0n) is 11.9. The SMILES string of the molecule is CCOC(=O)c1n[nH]cc1Cc1cc(Br)ccc1C1CC1. The predicted molar refractivity (Wildman–Crippen MR) is 83.5 cm³/mol. The number of hydrogen-bond donors (Lipinski definition) is 1. The van der Waals surface area contributed by atoms with Gasteiger partial charge in [0.15, 0.2) is 5.69 Å². The molecule has 0 spiro atoms. The van der Waals surface area contributed by atoms with Gasteiger partial charge in [0, 0.05) is 22.7 Å². The second-order valence-corrected chi connectivity index (χ2v) is 6.19. The van der Waals surface area contributed by atoms with Gasteiger partial charge < -0.3 is 4.74 Å². The van der Waals surface area contributed by atoms with Gasteiger partial charge in [-0.1, -0.05) is 22.0 Å².